The molecule has 8 rings (SSSR count). The van der Waals surface area contributed by atoms with Crippen LogP contribution in [-0.4, -0.2) is 3.26 Å². The van der Waals surface area contributed by atoms with Crippen molar-refractivity contribution in [1.29, 1.82) is 0 Å². The van der Waals surface area contributed by atoms with Crippen LogP contribution in [0.1, 0.15) is 78.6 Å². The van der Waals surface area contributed by atoms with Gasteiger partial charge in [-0.1, -0.05) is 0 Å². The van der Waals surface area contributed by atoms with Gasteiger partial charge in [-0.15, -0.1) is 0 Å². The van der Waals surface area contributed by atoms with Crippen molar-refractivity contribution >= 4 is 43.6 Å². The normalized spacial score (nSPS) is 14.6. The molecule has 0 unspecified atom stereocenters. The van der Waals surface area contributed by atoms with E-state index < -0.39 is 15.7 Å². The monoisotopic (exact) mass is 978 g/mol. The first-order valence-electron chi connectivity index (χ1n) is 19.4. The molecule has 0 aromatic heterocycles. The third-order valence-electron chi connectivity index (χ3n) is 11.7. The summed E-state index contributed by atoms with van der Waals surface area (Å²) in [7, 11) is 18.0. The molecule has 0 aliphatic heterocycles. The van der Waals surface area contributed by atoms with Crippen molar-refractivity contribution in [2.45, 2.75) is 59.7 Å². The zero-order valence-electron chi connectivity index (χ0n) is 32.7. The van der Waals surface area contributed by atoms with Crippen molar-refractivity contribution in [3.63, 3.8) is 0 Å². The Bertz CT molecular complexity index is 2460. The van der Waals surface area contributed by atoms with Crippen LogP contribution in [0.3, 0.4) is 0 Å². The summed E-state index contributed by atoms with van der Waals surface area (Å²) < 4.78 is 0.401. The number of hydrogen-bond acceptors (Lipinski definition) is 0. The van der Waals surface area contributed by atoms with Gasteiger partial charge in [0.25, 0.3) is 0 Å². The first-order chi connectivity index (χ1) is 26.5. The van der Waals surface area contributed by atoms with Gasteiger partial charge in [-0.05, 0) is 0 Å². The minimum absolute atomic E-state index is 0.147. The molecule has 6 aromatic carbocycles. The molecular weight excluding hydrogens is 933 g/mol. The van der Waals surface area contributed by atoms with Crippen LogP contribution in [0.2, 0.25) is 13.7 Å². The Morgan fingerprint density at radius 1 is 0.482 bits per heavy atom. The third-order valence-corrected chi connectivity index (χ3v) is 40.2. The zero-order valence-corrected chi connectivity index (χ0v) is 39.3. The molecule has 2 aliphatic rings. The molecule has 282 valence electrons. The van der Waals surface area contributed by atoms with Gasteiger partial charge in [0.1, 0.15) is 0 Å². The standard InChI is InChI=1S/C33H33.C13H8Cl2.C5H5.2ClH.Hf/c1-32(2,3)30-20-26-24(18-28(30)22-13-9-7-10-14-22)17-25-19-29(23-15-11-8-12-16-23)31(21-27(25)26)33(4,5)6;14-12-5-1-3-10(8-12)7-11-4-2-6-13(15)9-11;1-2-4-5-3-1;;;/h7-21H,1-6H3;1-6,8-9H;1-5H;2*1H;/q;;;;;+2/p-2. The summed E-state index contributed by atoms with van der Waals surface area (Å²) in [4.78, 5) is 0. The van der Waals surface area contributed by atoms with Gasteiger partial charge in [-0.25, -0.2) is 0 Å². The second-order valence-corrected chi connectivity index (χ2v) is 47.8. The molecule has 0 saturated carbocycles. The number of fused-ring (bicyclic) bond motifs is 3. The van der Waals surface area contributed by atoms with E-state index in [2.05, 4.69) is 163 Å². The first-order valence-corrected chi connectivity index (χ1v) is 35.0. The number of rotatable bonds is 6. The molecule has 0 bridgehead atoms. The van der Waals surface area contributed by atoms with Gasteiger partial charge in [0.2, 0.25) is 0 Å². The van der Waals surface area contributed by atoms with Crippen LogP contribution < -0.4 is 0 Å². The van der Waals surface area contributed by atoms with Gasteiger partial charge < -0.3 is 0 Å². The fourth-order valence-corrected chi connectivity index (χ4v) is 37.2. The van der Waals surface area contributed by atoms with Gasteiger partial charge >= 0.3 is 354 Å². The summed E-state index contributed by atoms with van der Waals surface area (Å²) in [5, 5.41) is 1.25. The van der Waals surface area contributed by atoms with Crippen LogP contribution in [0, 0.1) is 0 Å². The van der Waals surface area contributed by atoms with E-state index in [0.29, 0.717) is 10.0 Å². The topological polar surface area (TPSA) is 0 Å². The molecule has 5 heteroatoms. The minimum atomic E-state index is -5.95. The van der Waals surface area contributed by atoms with E-state index in [-0.39, 0.29) is 18.2 Å². The van der Waals surface area contributed by atoms with E-state index in [1.54, 1.807) is 0 Å². The molecule has 2 aliphatic carbocycles. The summed E-state index contributed by atoms with van der Waals surface area (Å²) in [6.45, 7) is 13.8. The number of allylic oxidation sites excluding steroid dienone is 4. The average molecular weight is 979 g/mol. The summed E-state index contributed by atoms with van der Waals surface area (Å²) in [6, 6.07) is 47.3. The summed E-state index contributed by atoms with van der Waals surface area (Å²) in [5.74, 6) is 0. The predicted molar refractivity (Wildman–Crippen MR) is 242 cm³/mol. The molecule has 0 N–H and O–H groups in total. The Morgan fingerprint density at radius 3 is 1.27 bits per heavy atom. The quantitative estimate of drug-likeness (QED) is 0.146. The van der Waals surface area contributed by atoms with E-state index in [9.17, 15) is 0 Å². The Balaban J connectivity index is 1.62. The number of halogens is 4. The molecule has 0 radical (unpaired) electrons. The molecule has 0 heterocycles. The van der Waals surface area contributed by atoms with Crippen LogP contribution in [0.25, 0.3) is 33.4 Å². The molecule has 6 aromatic rings. The van der Waals surface area contributed by atoms with Crippen LogP contribution in [0.15, 0.2) is 158 Å². The summed E-state index contributed by atoms with van der Waals surface area (Å²) >= 11 is 7.75. The van der Waals surface area contributed by atoms with Gasteiger partial charge in [0.05, 0.1) is 0 Å². The number of hydrogen-bond donors (Lipinski definition) is 0. The van der Waals surface area contributed by atoms with E-state index in [0.717, 1.165) is 14.4 Å². The van der Waals surface area contributed by atoms with Crippen LogP contribution in [-0.2, 0) is 26.5 Å². The number of benzene rings is 6. The van der Waals surface area contributed by atoms with E-state index in [1.165, 1.54) is 55.6 Å². The Hall–Kier alpha value is -3.30. The van der Waals surface area contributed by atoms with Crippen LogP contribution in [0.5, 0.6) is 0 Å². The van der Waals surface area contributed by atoms with E-state index in [1.807, 2.05) is 36.4 Å². The van der Waals surface area contributed by atoms with Crippen molar-refractivity contribution < 1.29 is 15.7 Å². The maximum atomic E-state index is 9.02. The fourth-order valence-electron chi connectivity index (χ4n) is 9.16. The molecule has 0 amide bonds. The van der Waals surface area contributed by atoms with E-state index >= 15 is 0 Å². The van der Waals surface area contributed by atoms with Crippen molar-refractivity contribution in [3.8, 4) is 33.4 Å². The molecule has 0 atom stereocenters. The van der Waals surface area contributed by atoms with Crippen LogP contribution in [0.4, 0.5) is 0 Å². The van der Waals surface area contributed by atoms with Gasteiger partial charge in [-0.2, -0.15) is 0 Å². The second-order valence-electron chi connectivity index (χ2n) is 17.5. The van der Waals surface area contributed by atoms with Crippen molar-refractivity contribution in [2.24, 2.45) is 0 Å². The second kappa shape index (κ2) is 14.5. The fraction of sp³-hybridized carbons (Fsp3) is 0.196. The predicted octanol–water partition coefficient (Wildman–Crippen LogP) is 16.2. The molecule has 0 fully saturated rings. The Morgan fingerprint density at radius 2 is 0.893 bits per heavy atom. The van der Waals surface area contributed by atoms with Crippen molar-refractivity contribution in [2.75, 3.05) is 0 Å². The van der Waals surface area contributed by atoms with Gasteiger partial charge in [0, 0.05) is 0 Å². The molecule has 0 saturated heterocycles. The molecule has 0 nitrogen and oxygen atoms in total. The van der Waals surface area contributed by atoms with Gasteiger partial charge in [0.15, 0.2) is 0 Å². The Labute approximate surface area is 350 Å². The molecular formula is C51H46Cl4Hf. The van der Waals surface area contributed by atoms with Gasteiger partial charge in [-0.3, -0.25) is 0 Å². The molecule has 0 spiro atoms. The summed E-state index contributed by atoms with van der Waals surface area (Å²) in [6.07, 6.45) is 8.66. The Kier molecular flexibility index (Phi) is 10.2. The van der Waals surface area contributed by atoms with Crippen molar-refractivity contribution in [1.82, 2.24) is 0 Å². The van der Waals surface area contributed by atoms with E-state index in [4.69, 9.17) is 40.4 Å². The zero-order chi connectivity index (χ0) is 39.6. The maximum absolute atomic E-state index is 9.02. The SMILES string of the molecule is CC(C)(C)c1cc2c(cc1-c1ccccc1)[CH]([Hf]([Cl])([Cl])(=[C](c1cccc(Cl)c1)c1cccc(Cl)c1)[CH]1C=CC=C1)c1cc(-c3ccccc3)c(C(C)(C)C)cc1-2. The van der Waals surface area contributed by atoms with Crippen molar-refractivity contribution in [3.05, 3.63) is 201 Å². The third kappa shape index (κ3) is 6.80. The average Bonchev–Trinajstić information content (AvgIpc) is 3.82. The molecule has 56 heavy (non-hydrogen) atoms. The summed E-state index contributed by atoms with van der Waals surface area (Å²) in [5.41, 5.74) is 13.6. The first kappa shape index (κ1) is 39.5. The van der Waals surface area contributed by atoms with Crippen LogP contribution >= 0.6 is 40.4 Å².